The van der Waals surface area contributed by atoms with E-state index < -0.39 is 0 Å². The molecule has 0 radical (unpaired) electrons. The van der Waals surface area contributed by atoms with Crippen LogP contribution in [0.4, 0.5) is 5.82 Å². The van der Waals surface area contributed by atoms with Gasteiger partial charge in [0, 0.05) is 29.6 Å². The fraction of sp³-hybridized carbons (Fsp3) is 0.476. The first kappa shape index (κ1) is 18.5. The third-order valence-corrected chi connectivity index (χ3v) is 5.26. The van der Waals surface area contributed by atoms with Crippen LogP contribution in [0.2, 0.25) is 0 Å². The number of hydrogen-bond acceptors (Lipinski definition) is 6. The maximum Gasteiger partial charge on any atom is 0.266 e. The minimum Gasteiger partial charge on any atom is -0.351 e. The summed E-state index contributed by atoms with van der Waals surface area (Å²) < 4.78 is 1.61. The summed E-state index contributed by atoms with van der Waals surface area (Å²) in [6, 6.07) is 5.60. The molecule has 3 aromatic rings. The van der Waals surface area contributed by atoms with Gasteiger partial charge in [-0.05, 0) is 31.9 Å². The van der Waals surface area contributed by atoms with E-state index in [-0.39, 0.29) is 17.0 Å². The molecule has 1 aliphatic rings. The molecular weight excluding hydrogens is 352 g/mol. The predicted octanol–water partition coefficient (Wildman–Crippen LogP) is 2.86. The number of aromatic nitrogens is 5. The largest absolute Gasteiger partial charge is 0.351 e. The van der Waals surface area contributed by atoms with Crippen LogP contribution >= 0.6 is 0 Å². The summed E-state index contributed by atoms with van der Waals surface area (Å²) in [4.78, 5) is 28.2. The lowest BCUT2D eigenvalue weighted by molar-refractivity contribution is 0.457. The Morgan fingerprint density at radius 2 is 2.00 bits per heavy atom. The lowest BCUT2D eigenvalue weighted by Crippen LogP contribution is -2.38. The zero-order valence-electron chi connectivity index (χ0n) is 16.9. The number of fused-ring (bicyclic) bond motifs is 1. The maximum absolute atomic E-state index is 12.4. The molecular formula is C21H26N6O. The highest BCUT2D eigenvalue weighted by atomic mass is 16.1. The van der Waals surface area contributed by atoms with E-state index in [1.54, 1.807) is 23.1 Å². The second-order valence-corrected chi connectivity index (χ2v) is 8.47. The summed E-state index contributed by atoms with van der Waals surface area (Å²) in [5, 5.41) is 5.65. The van der Waals surface area contributed by atoms with Crippen LogP contribution < -0.4 is 10.5 Å². The molecule has 0 amide bonds. The molecule has 28 heavy (non-hydrogen) atoms. The van der Waals surface area contributed by atoms with Gasteiger partial charge in [-0.25, -0.2) is 14.6 Å². The van der Waals surface area contributed by atoms with Crippen LogP contribution in [0.5, 0.6) is 0 Å². The van der Waals surface area contributed by atoms with Gasteiger partial charge in [-0.1, -0.05) is 20.8 Å². The molecule has 0 bridgehead atoms. The van der Waals surface area contributed by atoms with E-state index in [0.29, 0.717) is 6.54 Å². The first-order valence-corrected chi connectivity index (χ1v) is 9.76. The highest BCUT2D eigenvalue weighted by Crippen LogP contribution is 2.30. The molecule has 3 aromatic heterocycles. The Labute approximate surface area is 164 Å². The summed E-state index contributed by atoms with van der Waals surface area (Å²) in [7, 11) is 0. The van der Waals surface area contributed by atoms with Gasteiger partial charge in [-0.15, -0.1) is 0 Å². The Bertz CT molecular complexity index is 1070. The normalized spacial score (nSPS) is 17.4. The molecule has 1 atom stereocenters. The van der Waals surface area contributed by atoms with Crippen molar-refractivity contribution in [1.82, 2.24) is 24.7 Å². The van der Waals surface area contributed by atoms with Gasteiger partial charge in [0.1, 0.15) is 11.6 Å². The van der Waals surface area contributed by atoms with Crippen LogP contribution in [0.3, 0.4) is 0 Å². The number of aryl methyl sites for hydroxylation is 1. The van der Waals surface area contributed by atoms with Crippen molar-refractivity contribution in [2.24, 2.45) is 0 Å². The zero-order chi connectivity index (χ0) is 19.9. The molecule has 4 heterocycles. The highest BCUT2D eigenvalue weighted by molar-refractivity contribution is 5.89. The molecule has 146 valence electrons. The molecule has 7 heteroatoms. The van der Waals surface area contributed by atoms with Crippen LogP contribution in [-0.2, 0) is 12.0 Å². The molecule has 1 fully saturated rings. The molecule has 0 saturated carbocycles. The Hall–Kier alpha value is -2.83. The molecule has 4 rings (SSSR count). The number of pyridine rings is 1. The van der Waals surface area contributed by atoms with Crippen molar-refractivity contribution < 1.29 is 0 Å². The van der Waals surface area contributed by atoms with Gasteiger partial charge in [-0.2, -0.15) is 5.10 Å². The van der Waals surface area contributed by atoms with Gasteiger partial charge in [-0.3, -0.25) is 9.78 Å². The topological polar surface area (TPSA) is 76.8 Å². The minimum atomic E-state index is -0.0994. The Balaban J connectivity index is 1.70. The third kappa shape index (κ3) is 3.48. The van der Waals surface area contributed by atoms with Crippen molar-refractivity contribution >= 4 is 16.7 Å². The van der Waals surface area contributed by atoms with Crippen LogP contribution in [0.1, 0.15) is 45.1 Å². The maximum atomic E-state index is 12.4. The van der Waals surface area contributed by atoms with E-state index >= 15 is 0 Å². The van der Waals surface area contributed by atoms with E-state index in [4.69, 9.17) is 4.98 Å². The summed E-state index contributed by atoms with van der Waals surface area (Å²) in [5.41, 5.74) is 1.61. The highest BCUT2D eigenvalue weighted by Gasteiger charge is 2.29. The SMILES string of the molecule is Cc1nc(N2CCCC2Cn2nc(C(C)(C)C)ccc2=O)c2ccncc2n1. The standard InChI is InChI=1S/C21H26N6O/c1-14-23-17-12-22-10-9-16(17)20(24-14)26-11-5-6-15(26)13-27-19(28)8-7-18(25-27)21(2,3)4/h7-10,12,15H,5-6,11,13H2,1-4H3. The van der Waals surface area contributed by atoms with Crippen molar-refractivity contribution in [3.63, 3.8) is 0 Å². The molecule has 7 nitrogen and oxygen atoms in total. The summed E-state index contributed by atoms with van der Waals surface area (Å²) in [5.74, 6) is 1.65. The first-order chi connectivity index (χ1) is 13.3. The summed E-state index contributed by atoms with van der Waals surface area (Å²) in [6.07, 6.45) is 5.61. The van der Waals surface area contributed by atoms with Gasteiger partial charge in [0.2, 0.25) is 0 Å². The minimum absolute atomic E-state index is 0.0622. The predicted molar refractivity (Wildman–Crippen MR) is 110 cm³/mol. The van der Waals surface area contributed by atoms with E-state index in [1.165, 1.54) is 0 Å². The van der Waals surface area contributed by atoms with Crippen LogP contribution in [0.25, 0.3) is 10.9 Å². The first-order valence-electron chi connectivity index (χ1n) is 9.76. The van der Waals surface area contributed by atoms with Crippen LogP contribution in [-0.4, -0.2) is 37.3 Å². The number of anilines is 1. The van der Waals surface area contributed by atoms with Gasteiger partial charge < -0.3 is 4.90 Å². The second-order valence-electron chi connectivity index (χ2n) is 8.47. The molecule has 1 saturated heterocycles. The average molecular weight is 378 g/mol. The van der Waals surface area contributed by atoms with Crippen LogP contribution in [0, 0.1) is 6.92 Å². The molecule has 0 N–H and O–H groups in total. The van der Waals surface area contributed by atoms with Crippen molar-refractivity contribution in [3.05, 3.63) is 52.5 Å². The Kier molecular flexibility index (Phi) is 4.61. The lowest BCUT2D eigenvalue weighted by Gasteiger charge is -2.27. The van der Waals surface area contributed by atoms with E-state index in [0.717, 1.165) is 47.6 Å². The van der Waals surface area contributed by atoms with Crippen LogP contribution in [0.15, 0.2) is 35.4 Å². The third-order valence-electron chi connectivity index (χ3n) is 5.26. The Morgan fingerprint density at radius 1 is 1.18 bits per heavy atom. The second kappa shape index (κ2) is 6.96. The summed E-state index contributed by atoms with van der Waals surface area (Å²) >= 11 is 0. The molecule has 1 aliphatic heterocycles. The van der Waals surface area contributed by atoms with Gasteiger partial charge in [0.15, 0.2) is 0 Å². The molecule has 1 unspecified atom stereocenters. The van der Waals surface area contributed by atoms with Gasteiger partial charge in [0.05, 0.1) is 30.0 Å². The lowest BCUT2D eigenvalue weighted by atomic mass is 9.92. The van der Waals surface area contributed by atoms with Crippen molar-refractivity contribution in [3.8, 4) is 0 Å². The average Bonchev–Trinajstić information content (AvgIpc) is 3.10. The number of rotatable bonds is 3. The van der Waals surface area contributed by atoms with Gasteiger partial charge >= 0.3 is 0 Å². The van der Waals surface area contributed by atoms with Crippen molar-refractivity contribution in [2.45, 2.75) is 58.5 Å². The summed E-state index contributed by atoms with van der Waals surface area (Å²) in [6.45, 7) is 9.69. The molecule has 0 aromatic carbocycles. The fourth-order valence-electron chi connectivity index (χ4n) is 3.78. The fourth-order valence-corrected chi connectivity index (χ4v) is 3.78. The molecule has 0 aliphatic carbocycles. The molecule has 0 spiro atoms. The smallest absolute Gasteiger partial charge is 0.266 e. The number of nitrogens with zero attached hydrogens (tertiary/aromatic N) is 6. The van der Waals surface area contributed by atoms with Crippen molar-refractivity contribution in [2.75, 3.05) is 11.4 Å². The monoisotopic (exact) mass is 378 g/mol. The quantitative estimate of drug-likeness (QED) is 0.697. The van der Waals surface area contributed by atoms with E-state index in [1.807, 2.05) is 19.1 Å². The zero-order valence-corrected chi connectivity index (χ0v) is 16.9. The van der Waals surface area contributed by atoms with Gasteiger partial charge in [0.25, 0.3) is 5.56 Å². The van der Waals surface area contributed by atoms with E-state index in [9.17, 15) is 4.79 Å². The Morgan fingerprint density at radius 3 is 2.79 bits per heavy atom. The number of hydrogen-bond donors (Lipinski definition) is 0. The van der Waals surface area contributed by atoms with E-state index in [2.05, 4.69) is 40.7 Å². The van der Waals surface area contributed by atoms with Crippen molar-refractivity contribution in [1.29, 1.82) is 0 Å².